The van der Waals surface area contributed by atoms with E-state index in [-0.39, 0.29) is 23.8 Å². The van der Waals surface area contributed by atoms with Crippen LogP contribution in [0.4, 0.5) is 5.69 Å². The van der Waals surface area contributed by atoms with Gasteiger partial charge in [0, 0.05) is 17.6 Å². The lowest BCUT2D eigenvalue weighted by Crippen LogP contribution is -2.32. The fourth-order valence-electron chi connectivity index (χ4n) is 2.66. The van der Waals surface area contributed by atoms with Gasteiger partial charge in [0.2, 0.25) is 5.91 Å². The van der Waals surface area contributed by atoms with E-state index in [2.05, 4.69) is 10.1 Å². The van der Waals surface area contributed by atoms with Crippen molar-refractivity contribution in [2.45, 2.75) is 38.6 Å². The monoisotopic (exact) mass is 290 g/mol. The van der Waals surface area contributed by atoms with E-state index in [1.807, 2.05) is 6.92 Å². The molecule has 1 aromatic rings. The zero-order valence-electron chi connectivity index (χ0n) is 12.5. The number of amides is 1. The summed E-state index contributed by atoms with van der Waals surface area (Å²) in [5.41, 5.74) is 7.92. The van der Waals surface area contributed by atoms with E-state index in [9.17, 15) is 9.59 Å². The van der Waals surface area contributed by atoms with Crippen molar-refractivity contribution < 1.29 is 14.3 Å². The van der Waals surface area contributed by atoms with Crippen LogP contribution in [0.5, 0.6) is 0 Å². The van der Waals surface area contributed by atoms with E-state index in [1.54, 1.807) is 18.2 Å². The number of benzene rings is 1. The number of esters is 1. The molecule has 0 bridgehead atoms. The standard InChI is InChI=1S/C16H22N2O3/c1-10-9-12(16(20)21-2)5-8-14(10)18-15(19)11-3-6-13(17)7-4-11/h5,8-9,11,13H,3-4,6-7,17H2,1-2H3,(H,18,19). The number of nitrogens with two attached hydrogens (primary N) is 1. The van der Waals surface area contributed by atoms with E-state index < -0.39 is 0 Å². The average molecular weight is 290 g/mol. The predicted molar refractivity (Wildman–Crippen MR) is 81.1 cm³/mol. The van der Waals surface area contributed by atoms with Gasteiger partial charge < -0.3 is 15.8 Å². The van der Waals surface area contributed by atoms with Gasteiger partial charge in [0.15, 0.2) is 0 Å². The van der Waals surface area contributed by atoms with Crippen molar-refractivity contribution in [1.29, 1.82) is 0 Å². The Morgan fingerprint density at radius 2 is 1.90 bits per heavy atom. The van der Waals surface area contributed by atoms with Crippen molar-refractivity contribution in [3.05, 3.63) is 29.3 Å². The molecule has 0 unspecified atom stereocenters. The van der Waals surface area contributed by atoms with Crippen LogP contribution < -0.4 is 11.1 Å². The number of carbonyl (C=O) groups excluding carboxylic acids is 2. The Morgan fingerprint density at radius 1 is 1.24 bits per heavy atom. The van der Waals surface area contributed by atoms with Crippen LogP contribution in [0, 0.1) is 12.8 Å². The third-order valence-electron chi connectivity index (χ3n) is 4.05. The van der Waals surface area contributed by atoms with Gasteiger partial charge in [-0.05, 0) is 56.4 Å². The minimum absolute atomic E-state index is 0.0319. The summed E-state index contributed by atoms with van der Waals surface area (Å²) in [5, 5.41) is 2.95. The molecule has 0 spiro atoms. The third-order valence-corrected chi connectivity index (χ3v) is 4.05. The fraction of sp³-hybridized carbons (Fsp3) is 0.500. The maximum atomic E-state index is 12.3. The van der Waals surface area contributed by atoms with Crippen LogP contribution in [0.15, 0.2) is 18.2 Å². The number of nitrogens with one attached hydrogen (secondary N) is 1. The number of carbonyl (C=O) groups is 2. The number of rotatable bonds is 3. The van der Waals surface area contributed by atoms with E-state index in [0.717, 1.165) is 36.9 Å². The van der Waals surface area contributed by atoms with Crippen molar-refractivity contribution in [3.8, 4) is 0 Å². The maximum absolute atomic E-state index is 12.3. The Labute approximate surface area is 124 Å². The molecule has 21 heavy (non-hydrogen) atoms. The summed E-state index contributed by atoms with van der Waals surface area (Å²) in [4.78, 5) is 23.7. The van der Waals surface area contributed by atoms with E-state index in [4.69, 9.17) is 5.73 Å². The molecule has 0 aliphatic heterocycles. The Kier molecular flexibility index (Phi) is 4.96. The van der Waals surface area contributed by atoms with Gasteiger partial charge >= 0.3 is 5.97 Å². The Bertz CT molecular complexity index is 534. The second-order valence-electron chi connectivity index (χ2n) is 5.62. The molecule has 1 amide bonds. The minimum Gasteiger partial charge on any atom is -0.465 e. The lowest BCUT2D eigenvalue weighted by atomic mass is 9.86. The average Bonchev–Trinajstić information content (AvgIpc) is 2.49. The smallest absolute Gasteiger partial charge is 0.337 e. The number of aryl methyl sites for hydroxylation is 1. The molecular weight excluding hydrogens is 268 g/mol. The van der Waals surface area contributed by atoms with Gasteiger partial charge in [-0.3, -0.25) is 4.79 Å². The molecule has 1 fully saturated rings. The molecule has 0 aromatic heterocycles. The Morgan fingerprint density at radius 3 is 2.48 bits per heavy atom. The molecule has 1 aliphatic carbocycles. The first-order chi connectivity index (χ1) is 10.0. The molecule has 5 heteroatoms. The van der Waals surface area contributed by atoms with Crippen molar-refractivity contribution in [3.63, 3.8) is 0 Å². The van der Waals surface area contributed by atoms with Crippen molar-refractivity contribution >= 4 is 17.6 Å². The highest BCUT2D eigenvalue weighted by molar-refractivity contribution is 5.95. The summed E-state index contributed by atoms with van der Waals surface area (Å²) in [5.74, 6) is -0.308. The quantitative estimate of drug-likeness (QED) is 0.836. The van der Waals surface area contributed by atoms with Crippen molar-refractivity contribution in [2.75, 3.05) is 12.4 Å². The first kappa shape index (κ1) is 15.5. The van der Waals surface area contributed by atoms with Gasteiger partial charge in [0.05, 0.1) is 12.7 Å². The molecule has 1 saturated carbocycles. The van der Waals surface area contributed by atoms with Crippen molar-refractivity contribution in [1.82, 2.24) is 0 Å². The van der Waals surface area contributed by atoms with Crippen LogP contribution in [0.1, 0.15) is 41.6 Å². The highest BCUT2D eigenvalue weighted by Gasteiger charge is 2.24. The molecule has 1 aromatic carbocycles. The summed E-state index contributed by atoms with van der Waals surface area (Å²) in [7, 11) is 1.35. The van der Waals surface area contributed by atoms with Gasteiger partial charge in [-0.15, -0.1) is 0 Å². The topological polar surface area (TPSA) is 81.4 Å². The zero-order valence-corrected chi connectivity index (χ0v) is 12.5. The lowest BCUT2D eigenvalue weighted by molar-refractivity contribution is -0.120. The van der Waals surface area contributed by atoms with Gasteiger partial charge in [-0.2, -0.15) is 0 Å². The SMILES string of the molecule is COC(=O)c1ccc(NC(=O)C2CCC(N)CC2)c(C)c1. The Balaban J connectivity index is 2.02. The predicted octanol–water partition coefficient (Wildman–Crippen LogP) is 2.24. The lowest BCUT2D eigenvalue weighted by Gasteiger charge is -2.25. The number of anilines is 1. The van der Waals surface area contributed by atoms with Crippen LogP contribution in [-0.2, 0) is 9.53 Å². The highest BCUT2D eigenvalue weighted by Crippen LogP contribution is 2.25. The summed E-state index contributed by atoms with van der Waals surface area (Å²) in [6.07, 6.45) is 3.48. The molecule has 0 radical (unpaired) electrons. The zero-order chi connectivity index (χ0) is 15.4. The van der Waals surface area contributed by atoms with E-state index >= 15 is 0 Å². The molecule has 1 aliphatic rings. The third kappa shape index (κ3) is 3.82. The van der Waals surface area contributed by atoms with Crippen LogP contribution in [0.2, 0.25) is 0 Å². The summed E-state index contributed by atoms with van der Waals surface area (Å²) in [6.45, 7) is 1.86. The molecule has 0 heterocycles. The molecule has 5 nitrogen and oxygen atoms in total. The molecule has 114 valence electrons. The minimum atomic E-state index is -0.378. The normalized spacial score (nSPS) is 21.7. The highest BCUT2D eigenvalue weighted by atomic mass is 16.5. The Hall–Kier alpha value is -1.88. The summed E-state index contributed by atoms with van der Waals surface area (Å²) >= 11 is 0. The van der Waals surface area contributed by atoms with Crippen LogP contribution in [-0.4, -0.2) is 25.0 Å². The maximum Gasteiger partial charge on any atom is 0.337 e. The first-order valence-corrected chi connectivity index (χ1v) is 7.26. The molecule has 0 atom stereocenters. The number of methoxy groups -OCH3 is 1. The summed E-state index contributed by atoms with van der Waals surface area (Å²) in [6, 6.07) is 5.35. The first-order valence-electron chi connectivity index (χ1n) is 7.26. The molecule has 0 saturated heterocycles. The number of hydrogen-bond donors (Lipinski definition) is 2. The second-order valence-corrected chi connectivity index (χ2v) is 5.62. The summed E-state index contributed by atoms with van der Waals surface area (Å²) < 4.78 is 4.68. The van der Waals surface area contributed by atoms with Crippen LogP contribution in [0.3, 0.4) is 0 Å². The largest absolute Gasteiger partial charge is 0.465 e. The fourth-order valence-corrected chi connectivity index (χ4v) is 2.66. The van der Waals surface area contributed by atoms with Crippen molar-refractivity contribution in [2.24, 2.45) is 11.7 Å². The number of hydrogen-bond acceptors (Lipinski definition) is 4. The number of ether oxygens (including phenoxy) is 1. The molecule has 3 N–H and O–H groups in total. The van der Waals surface area contributed by atoms with E-state index in [1.165, 1.54) is 7.11 Å². The van der Waals surface area contributed by atoms with E-state index in [0.29, 0.717) is 5.56 Å². The molecular formula is C16H22N2O3. The van der Waals surface area contributed by atoms with Gasteiger partial charge in [-0.1, -0.05) is 0 Å². The second kappa shape index (κ2) is 6.72. The molecule has 2 rings (SSSR count). The van der Waals surface area contributed by atoms with Gasteiger partial charge in [0.1, 0.15) is 0 Å². The van der Waals surface area contributed by atoms with Gasteiger partial charge in [0.25, 0.3) is 0 Å². The van der Waals surface area contributed by atoms with Crippen LogP contribution >= 0.6 is 0 Å². The van der Waals surface area contributed by atoms with Crippen LogP contribution in [0.25, 0.3) is 0 Å². The van der Waals surface area contributed by atoms with Gasteiger partial charge in [-0.25, -0.2) is 4.79 Å².